The zero-order valence-corrected chi connectivity index (χ0v) is 19.1. The van der Waals surface area contributed by atoms with Crippen molar-refractivity contribution in [2.75, 3.05) is 14.2 Å². The Bertz CT molecular complexity index is 1160. The number of carbonyl (C=O) groups excluding carboxylic acids is 1. The van der Waals surface area contributed by atoms with Crippen molar-refractivity contribution in [2.45, 2.75) is 24.9 Å². The molecule has 7 heteroatoms. The fourth-order valence-electron chi connectivity index (χ4n) is 4.45. The molecule has 0 aromatic heterocycles. The number of carboxylic acid groups (broad SMARTS) is 1. The van der Waals surface area contributed by atoms with E-state index in [9.17, 15) is 14.7 Å². The Balaban J connectivity index is 1.70. The van der Waals surface area contributed by atoms with Gasteiger partial charge in [0.05, 0.1) is 25.8 Å². The molecule has 6 nitrogen and oxygen atoms in total. The van der Waals surface area contributed by atoms with E-state index in [0.717, 1.165) is 16.7 Å². The van der Waals surface area contributed by atoms with Crippen LogP contribution in [0.1, 0.15) is 34.8 Å². The lowest BCUT2D eigenvalue weighted by Crippen LogP contribution is -2.41. The minimum atomic E-state index is -1.02. The molecular weight excluding hydrogens is 442 g/mol. The van der Waals surface area contributed by atoms with Gasteiger partial charge in [-0.1, -0.05) is 48.0 Å². The summed E-state index contributed by atoms with van der Waals surface area (Å²) < 4.78 is 11.0. The van der Waals surface area contributed by atoms with Gasteiger partial charge in [-0.2, -0.15) is 0 Å². The normalized spacial score (nSPS) is 17.6. The number of methoxy groups -OCH3 is 2. The predicted octanol–water partition coefficient (Wildman–Crippen LogP) is 5.45. The Morgan fingerprint density at radius 1 is 0.909 bits per heavy atom. The summed E-state index contributed by atoms with van der Waals surface area (Å²) in [4.78, 5) is 26.9. The monoisotopic (exact) mass is 465 g/mol. The van der Waals surface area contributed by atoms with Crippen LogP contribution in [0, 0.1) is 0 Å². The Hall–Kier alpha value is -3.51. The molecule has 3 aromatic carbocycles. The number of aliphatic carboxylic acids is 1. The lowest BCUT2D eigenvalue weighted by molar-refractivity contribution is -0.141. The van der Waals surface area contributed by atoms with Crippen molar-refractivity contribution in [3.8, 4) is 22.6 Å². The molecule has 1 saturated heterocycles. The van der Waals surface area contributed by atoms with Crippen molar-refractivity contribution in [1.82, 2.24) is 4.90 Å². The van der Waals surface area contributed by atoms with Crippen molar-refractivity contribution >= 4 is 23.5 Å². The average molecular weight is 466 g/mol. The number of ether oxygens (including phenoxy) is 2. The summed E-state index contributed by atoms with van der Waals surface area (Å²) in [5.41, 5.74) is 2.75. The minimum Gasteiger partial charge on any atom is -0.496 e. The van der Waals surface area contributed by atoms with Crippen LogP contribution in [0.4, 0.5) is 0 Å². The van der Waals surface area contributed by atoms with Gasteiger partial charge in [0, 0.05) is 10.6 Å². The first-order valence-electron chi connectivity index (χ1n) is 10.6. The van der Waals surface area contributed by atoms with Gasteiger partial charge in [-0.25, -0.2) is 4.79 Å². The Morgan fingerprint density at radius 3 is 2.12 bits per heavy atom. The summed E-state index contributed by atoms with van der Waals surface area (Å²) >= 11 is 6.38. The molecule has 1 amide bonds. The zero-order chi connectivity index (χ0) is 23.5. The fourth-order valence-corrected chi connectivity index (χ4v) is 4.71. The molecule has 1 aliphatic rings. The molecule has 1 N–H and O–H groups in total. The van der Waals surface area contributed by atoms with E-state index in [4.69, 9.17) is 21.1 Å². The summed E-state index contributed by atoms with van der Waals surface area (Å²) in [6, 6.07) is 18.5. The van der Waals surface area contributed by atoms with Crippen LogP contribution in [-0.4, -0.2) is 42.1 Å². The standard InChI is InChI=1S/C26H24ClNO5/c1-32-22-8-5-9-23(33-2)24(22)16-10-12-17(13-11-16)25(29)28-20(14-15-21(28)26(30)31)18-6-3-4-7-19(18)27/h3-13,20-21H,14-15H2,1-2H3,(H,30,31)/t20-,21+/m1/s1. The van der Waals surface area contributed by atoms with E-state index in [1.165, 1.54) is 4.90 Å². The summed E-state index contributed by atoms with van der Waals surface area (Å²) in [6.45, 7) is 0. The number of hydrogen-bond acceptors (Lipinski definition) is 4. The highest BCUT2D eigenvalue weighted by molar-refractivity contribution is 6.31. The first kappa shape index (κ1) is 22.7. The van der Waals surface area contributed by atoms with Crippen molar-refractivity contribution in [2.24, 2.45) is 0 Å². The van der Waals surface area contributed by atoms with Crippen molar-refractivity contribution in [1.29, 1.82) is 0 Å². The van der Waals surface area contributed by atoms with E-state index >= 15 is 0 Å². The summed E-state index contributed by atoms with van der Waals surface area (Å²) in [7, 11) is 3.18. The maximum atomic E-state index is 13.5. The number of halogens is 1. The third kappa shape index (κ3) is 4.26. The van der Waals surface area contributed by atoms with Crippen molar-refractivity contribution in [3.63, 3.8) is 0 Å². The summed E-state index contributed by atoms with van der Waals surface area (Å²) in [5, 5.41) is 10.3. The second kappa shape index (κ2) is 9.55. The predicted molar refractivity (Wildman–Crippen MR) is 126 cm³/mol. The number of benzene rings is 3. The molecule has 33 heavy (non-hydrogen) atoms. The molecular formula is C26H24ClNO5. The van der Waals surface area contributed by atoms with Gasteiger partial charge < -0.3 is 19.5 Å². The minimum absolute atomic E-state index is 0.344. The lowest BCUT2D eigenvalue weighted by atomic mass is 10.0. The summed E-state index contributed by atoms with van der Waals surface area (Å²) in [6.07, 6.45) is 0.899. The smallest absolute Gasteiger partial charge is 0.326 e. The van der Waals surface area contributed by atoms with E-state index in [1.807, 2.05) is 48.5 Å². The first-order valence-corrected chi connectivity index (χ1v) is 11.0. The largest absolute Gasteiger partial charge is 0.496 e. The molecule has 1 heterocycles. The van der Waals surface area contributed by atoms with E-state index < -0.39 is 18.1 Å². The molecule has 0 spiro atoms. The highest BCUT2D eigenvalue weighted by Crippen LogP contribution is 2.41. The molecule has 0 bridgehead atoms. The fraction of sp³-hybridized carbons (Fsp3) is 0.231. The maximum absolute atomic E-state index is 13.5. The van der Waals surface area contributed by atoms with E-state index in [0.29, 0.717) is 34.9 Å². The second-order valence-corrected chi connectivity index (χ2v) is 8.20. The number of amides is 1. The van der Waals surface area contributed by atoms with Gasteiger partial charge >= 0.3 is 5.97 Å². The number of likely N-dealkylation sites (tertiary alicyclic amines) is 1. The quantitative estimate of drug-likeness (QED) is 0.523. The zero-order valence-electron chi connectivity index (χ0n) is 18.3. The van der Waals surface area contributed by atoms with Crippen LogP contribution in [0.25, 0.3) is 11.1 Å². The topological polar surface area (TPSA) is 76.1 Å². The van der Waals surface area contributed by atoms with Gasteiger partial charge in [-0.3, -0.25) is 4.79 Å². The molecule has 2 atom stereocenters. The van der Waals surface area contributed by atoms with Crippen LogP contribution >= 0.6 is 11.6 Å². The molecule has 0 radical (unpaired) electrons. The average Bonchev–Trinajstić information content (AvgIpc) is 3.28. The van der Waals surface area contributed by atoms with Crippen LogP contribution in [0.2, 0.25) is 5.02 Å². The third-order valence-electron chi connectivity index (χ3n) is 6.02. The van der Waals surface area contributed by atoms with Gasteiger partial charge in [0.15, 0.2) is 0 Å². The SMILES string of the molecule is COc1cccc(OC)c1-c1ccc(C(=O)N2[C@@H](c3ccccc3Cl)CC[C@H]2C(=O)O)cc1. The Kier molecular flexibility index (Phi) is 6.56. The molecule has 1 fully saturated rings. The number of rotatable bonds is 6. The Labute approximate surface area is 197 Å². The molecule has 0 saturated carbocycles. The second-order valence-electron chi connectivity index (χ2n) is 7.80. The number of nitrogens with zero attached hydrogens (tertiary/aromatic N) is 1. The molecule has 0 unspecified atom stereocenters. The van der Waals surface area contributed by atoms with Crippen molar-refractivity contribution < 1.29 is 24.2 Å². The van der Waals surface area contributed by atoms with Gasteiger partial charge in [0.25, 0.3) is 5.91 Å². The Morgan fingerprint density at radius 2 is 1.55 bits per heavy atom. The van der Waals surface area contributed by atoms with E-state index in [2.05, 4.69) is 0 Å². The van der Waals surface area contributed by atoms with Crippen LogP contribution in [0.5, 0.6) is 11.5 Å². The molecule has 3 aromatic rings. The molecule has 4 rings (SSSR count). The highest BCUT2D eigenvalue weighted by atomic mass is 35.5. The number of carbonyl (C=O) groups is 2. The molecule has 0 aliphatic carbocycles. The van der Waals surface area contributed by atoms with Crippen LogP contribution < -0.4 is 9.47 Å². The van der Waals surface area contributed by atoms with Crippen LogP contribution in [0.3, 0.4) is 0 Å². The lowest BCUT2D eigenvalue weighted by Gasteiger charge is -2.29. The molecule has 1 aliphatic heterocycles. The number of hydrogen-bond donors (Lipinski definition) is 1. The van der Waals surface area contributed by atoms with Gasteiger partial charge in [0.1, 0.15) is 17.5 Å². The number of carboxylic acids is 1. The van der Waals surface area contributed by atoms with E-state index in [1.54, 1.807) is 32.4 Å². The van der Waals surface area contributed by atoms with Crippen LogP contribution in [-0.2, 0) is 4.79 Å². The van der Waals surface area contributed by atoms with Crippen molar-refractivity contribution in [3.05, 3.63) is 82.9 Å². The molecule has 170 valence electrons. The first-order chi connectivity index (χ1) is 16.0. The highest BCUT2D eigenvalue weighted by Gasteiger charge is 2.42. The van der Waals surface area contributed by atoms with Gasteiger partial charge in [-0.05, 0) is 54.3 Å². The summed E-state index contributed by atoms with van der Waals surface area (Å²) in [5.74, 6) is -0.0629. The maximum Gasteiger partial charge on any atom is 0.326 e. The van der Waals surface area contributed by atoms with Crippen LogP contribution in [0.15, 0.2) is 66.7 Å². The van der Waals surface area contributed by atoms with E-state index in [-0.39, 0.29) is 5.91 Å². The van der Waals surface area contributed by atoms with Gasteiger partial charge in [-0.15, -0.1) is 0 Å². The van der Waals surface area contributed by atoms with Gasteiger partial charge in [0.2, 0.25) is 0 Å². The third-order valence-corrected chi connectivity index (χ3v) is 6.36.